The van der Waals surface area contributed by atoms with Gasteiger partial charge in [0, 0.05) is 0 Å². The maximum absolute atomic E-state index is 10.7. The van der Waals surface area contributed by atoms with Crippen LogP contribution in [0.3, 0.4) is 0 Å². The first kappa shape index (κ1) is 18.1. The van der Waals surface area contributed by atoms with Gasteiger partial charge >= 0.3 is 40.0 Å². The van der Waals surface area contributed by atoms with Gasteiger partial charge in [0.1, 0.15) is 0 Å². The van der Waals surface area contributed by atoms with Crippen molar-refractivity contribution < 1.29 is 63.8 Å². The number of hydrogen-bond acceptors (Lipinski definition) is 8. The van der Waals surface area contributed by atoms with Crippen LogP contribution in [0.1, 0.15) is 20.8 Å². The zero-order valence-electron chi connectivity index (χ0n) is 8.58. The van der Waals surface area contributed by atoms with E-state index in [9.17, 15) is 21.4 Å². The van der Waals surface area contributed by atoms with E-state index in [0.717, 1.165) is 0 Å². The summed E-state index contributed by atoms with van der Waals surface area (Å²) in [6.07, 6.45) is 0. The van der Waals surface area contributed by atoms with Crippen LogP contribution in [0.5, 0.6) is 0 Å². The first-order chi connectivity index (χ1) is 5.91. The summed E-state index contributed by atoms with van der Waals surface area (Å²) in [5, 5.41) is 0. The standard InChI is InChI=1S/C4H10O8S2.Na/c1-4(2,3)10-14(8,9)12-11-13(5,6)7;/h1-3H3,(H,5,6,7);/q;+1/p-1. The zero-order chi connectivity index (χ0) is 11.6. The van der Waals surface area contributed by atoms with E-state index in [0.29, 0.717) is 0 Å². The summed E-state index contributed by atoms with van der Waals surface area (Å²) in [6, 6.07) is 0. The smallest absolute Gasteiger partial charge is 0.724 e. The Morgan fingerprint density at radius 1 is 1.00 bits per heavy atom. The predicted molar refractivity (Wildman–Crippen MR) is 41.6 cm³/mol. The van der Waals surface area contributed by atoms with Crippen molar-refractivity contribution in [3.05, 3.63) is 0 Å². The Balaban J connectivity index is 0. The molecule has 0 amide bonds. The Morgan fingerprint density at radius 3 is 1.67 bits per heavy atom. The molecule has 0 aliphatic heterocycles. The molecule has 0 saturated heterocycles. The van der Waals surface area contributed by atoms with E-state index in [2.05, 4.69) is 12.9 Å². The van der Waals surface area contributed by atoms with Gasteiger partial charge in [0.15, 0.2) is 0 Å². The van der Waals surface area contributed by atoms with E-state index in [1.54, 1.807) is 0 Å². The first-order valence-electron chi connectivity index (χ1n) is 3.20. The van der Waals surface area contributed by atoms with Gasteiger partial charge in [-0.2, -0.15) is 8.42 Å². The average molecular weight is 272 g/mol. The molecule has 0 rings (SSSR count). The molecule has 0 aromatic carbocycles. The number of rotatable bonds is 4. The minimum atomic E-state index is -5.24. The molecule has 0 spiro atoms. The van der Waals surface area contributed by atoms with Crippen molar-refractivity contribution in [3.8, 4) is 0 Å². The van der Waals surface area contributed by atoms with Crippen molar-refractivity contribution in [2.24, 2.45) is 0 Å². The van der Waals surface area contributed by atoms with Crippen LogP contribution in [0, 0.1) is 0 Å². The number of hydrogen-bond donors (Lipinski definition) is 0. The van der Waals surface area contributed by atoms with E-state index in [1.807, 2.05) is 0 Å². The second-order valence-corrected chi connectivity index (χ2v) is 5.22. The van der Waals surface area contributed by atoms with Crippen LogP contribution in [0.2, 0.25) is 0 Å². The summed E-state index contributed by atoms with van der Waals surface area (Å²) in [6.45, 7) is 4.12. The normalized spacial score (nSPS) is 13.3. The van der Waals surface area contributed by atoms with E-state index in [1.165, 1.54) is 20.8 Å². The van der Waals surface area contributed by atoms with Gasteiger partial charge in [-0.05, 0) is 20.8 Å². The first-order valence-corrected chi connectivity index (χ1v) is 5.87. The van der Waals surface area contributed by atoms with Crippen molar-refractivity contribution in [2.75, 3.05) is 0 Å². The molecule has 11 heteroatoms. The Kier molecular flexibility index (Phi) is 7.11. The topological polar surface area (TPSA) is 119 Å². The van der Waals surface area contributed by atoms with Crippen molar-refractivity contribution in [1.29, 1.82) is 0 Å². The molecule has 0 heterocycles. The van der Waals surface area contributed by atoms with Gasteiger partial charge in [0.05, 0.1) is 5.60 Å². The Hall–Kier alpha value is 0.740. The fraction of sp³-hybridized carbons (Fsp3) is 1.00. The Bertz CT molecular complexity index is 375. The minimum Gasteiger partial charge on any atom is -0.724 e. The molecule has 0 fully saturated rings. The molecule has 0 aliphatic rings. The molecular weight excluding hydrogens is 263 g/mol. The molecule has 15 heavy (non-hydrogen) atoms. The fourth-order valence-corrected chi connectivity index (χ4v) is 1.57. The maximum atomic E-state index is 10.7. The van der Waals surface area contributed by atoms with Crippen molar-refractivity contribution in [2.45, 2.75) is 26.4 Å². The molecule has 0 saturated carbocycles. The van der Waals surface area contributed by atoms with Crippen LogP contribution in [0.25, 0.3) is 0 Å². The van der Waals surface area contributed by atoms with Gasteiger partial charge in [-0.15, -0.1) is 0 Å². The molecule has 0 radical (unpaired) electrons. The van der Waals surface area contributed by atoms with Gasteiger partial charge in [0.2, 0.25) is 10.4 Å². The van der Waals surface area contributed by atoms with Gasteiger partial charge in [0.25, 0.3) is 0 Å². The monoisotopic (exact) mass is 272 g/mol. The quantitative estimate of drug-likeness (QED) is 0.170. The zero-order valence-corrected chi connectivity index (χ0v) is 12.2. The van der Waals surface area contributed by atoms with Gasteiger partial charge in [-0.1, -0.05) is 8.67 Å². The molecule has 0 aromatic rings. The van der Waals surface area contributed by atoms with Crippen molar-refractivity contribution >= 4 is 20.8 Å². The summed E-state index contributed by atoms with van der Waals surface area (Å²) in [5.74, 6) is 0. The summed E-state index contributed by atoms with van der Waals surface area (Å²) in [5.41, 5.74) is -1.13. The molecule has 0 aromatic heterocycles. The third-order valence-electron chi connectivity index (χ3n) is 0.547. The molecule has 86 valence electrons. The van der Waals surface area contributed by atoms with E-state index >= 15 is 0 Å². The van der Waals surface area contributed by atoms with Crippen LogP contribution in [-0.2, 0) is 33.6 Å². The third-order valence-corrected chi connectivity index (χ3v) is 1.81. The molecule has 0 bridgehead atoms. The second kappa shape index (κ2) is 5.89. The molecule has 0 unspecified atom stereocenters. The van der Waals surface area contributed by atoms with Crippen LogP contribution < -0.4 is 29.6 Å². The average Bonchev–Trinajstić information content (AvgIpc) is 1.76. The Labute approximate surface area is 110 Å². The molecule has 0 aliphatic carbocycles. The maximum Gasteiger partial charge on any atom is 1.00 e. The SMILES string of the molecule is CC(C)(C)OS(=O)(=O)OOS(=O)(=O)[O-].[Na+]. The Morgan fingerprint density at radius 2 is 1.40 bits per heavy atom. The van der Waals surface area contributed by atoms with Crippen LogP contribution in [-0.4, -0.2) is 27.0 Å². The minimum absolute atomic E-state index is 0. The molecule has 8 nitrogen and oxygen atoms in total. The van der Waals surface area contributed by atoms with Crippen LogP contribution in [0.15, 0.2) is 0 Å². The van der Waals surface area contributed by atoms with Crippen molar-refractivity contribution in [1.82, 2.24) is 0 Å². The van der Waals surface area contributed by atoms with Crippen LogP contribution in [0.4, 0.5) is 0 Å². The predicted octanol–water partition coefficient (Wildman–Crippen LogP) is -3.54. The summed E-state index contributed by atoms with van der Waals surface area (Å²) < 4.78 is 61.5. The van der Waals surface area contributed by atoms with E-state index in [-0.39, 0.29) is 29.6 Å². The largest absolute Gasteiger partial charge is 1.00 e. The van der Waals surface area contributed by atoms with Crippen molar-refractivity contribution in [3.63, 3.8) is 0 Å². The summed E-state index contributed by atoms with van der Waals surface area (Å²) in [4.78, 5) is 0. The molecule has 0 N–H and O–H groups in total. The summed E-state index contributed by atoms with van der Waals surface area (Å²) >= 11 is 0. The van der Waals surface area contributed by atoms with Gasteiger partial charge in [-0.3, -0.25) is 0 Å². The fourth-order valence-electron chi connectivity index (χ4n) is 0.388. The van der Waals surface area contributed by atoms with E-state index < -0.39 is 26.4 Å². The van der Waals surface area contributed by atoms with Crippen LogP contribution >= 0.6 is 0 Å². The molecule has 0 atom stereocenters. The third kappa shape index (κ3) is 12.7. The second-order valence-electron chi connectivity index (χ2n) is 3.15. The van der Waals surface area contributed by atoms with E-state index in [4.69, 9.17) is 0 Å². The molecular formula is C4H9NaO8S2. The van der Waals surface area contributed by atoms with Gasteiger partial charge in [-0.25, -0.2) is 12.6 Å². The summed E-state index contributed by atoms with van der Waals surface area (Å²) in [7, 11) is -9.92. The van der Waals surface area contributed by atoms with Gasteiger partial charge < -0.3 is 4.55 Å².